The van der Waals surface area contributed by atoms with Gasteiger partial charge in [0.1, 0.15) is 18.6 Å². The summed E-state index contributed by atoms with van der Waals surface area (Å²) in [6.45, 7) is 0. The summed E-state index contributed by atoms with van der Waals surface area (Å²) in [4.78, 5) is 19.2. The monoisotopic (exact) mass is 302 g/mol. The maximum atomic E-state index is 10.4. The van der Waals surface area contributed by atoms with Crippen molar-refractivity contribution in [3.8, 4) is 5.69 Å². The third-order valence-corrected chi connectivity index (χ3v) is 2.50. The Hall–Kier alpha value is -3.56. The predicted octanol–water partition coefficient (Wildman–Crippen LogP) is 2.10. The first-order valence-electron chi connectivity index (χ1n) is 5.95. The third-order valence-electron chi connectivity index (χ3n) is 2.50. The summed E-state index contributed by atoms with van der Waals surface area (Å²) in [5.74, 6) is 0. The lowest BCUT2D eigenvalue weighted by atomic mass is 10.3. The fraction of sp³-hybridized carbons (Fsp3) is 0. The maximum Gasteiger partial charge on any atom is 0.307 e. The number of aromatic amines is 1. The van der Waals surface area contributed by atoms with Gasteiger partial charge in [0, 0.05) is 0 Å². The standard InChI is InChI=1S/C9H7N3O2.C3H3N3O2/c13-12(14)9-6-10-11(7-9)8-4-2-1-3-5-8;7-6(8)3-1-4-5-2-3/h1-7H;1-2H,(H,4,5). The Bertz CT molecular complexity index is 753. The lowest BCUT2D eigenvalue weighted by Crippen LogP contribution is -1.92. The van der Waals surface area contributed by atoms with Crippen LogP contribution in [-0.4, -0.2) is 29.8 Å². The van der Waals surface area contributed by atoms with Crippen LogP contribution in [0.2, 0.25) is 0 Å². The number of hydrogen-bond acceptors (Lipinski definition) is 6. The summed E-state index contributed by atoms with van der Waals surface area (Å²) < 4.78 is 1.47. The number of H-pyrrole nitrogens is 1. The Kier molecular flexibility index (Phi) is 4.55. The van der Waals surface area contributed by atoms with E-state index in [1.807, 2.05) is 30.3 Å². The van der Waals surface area contributed by atoms with Crippen LogP contribution < -0.4 is 0 Å². The van der Waals surface area contributed by atoms with Gasteiger partial charge in [-0.05, 0) is 12.1 Å². The molecule has 10 heteroatoms. The molecule has 0 amide bonds. The van der Waals surface area contributed by atoms with E-state index in [-0.39, 0.29) is 11.4 Å². The Morgan fingerprint density at radius 2 is 1.68 bits per heavy atom. The number of nitro groups is 2. The summed E-state index contributed by atoms with van der Waals surface area (Å²) in [6, 6.07) is 9.24. The van der Waals surface area contributed by atoms with Crippen molar-refractivity contribution in [2.45, 2.75) is 0 Å². The van der Waals surface area contributed by atoms with Crippen molar-refractivity contribution >= 4 is 11.4 Å². The zero-order chi connectivity index (χ0) is 15.9. The minimum atomic E-state index is -0.510. The summed E-state index contributed by atoms with van der Waals surface area (Å²) in [7, 11) is 0. The Morgan fingerprint density at radius 1 is 1.00 bits per heavy atom. The van der Waals surface area contributed by atoms with E-state index in [1.54, 1.807) is 0 Å². The van der Waals surface area contributed by atoms with Crippen LogP contribution in [-0.2, 0) is 0 Å². The average molecular weight is 302 g/mol. The van der Waals surface area contributed by atoms with Crippen LogP contribution >= 0.6 is 0 Å². The molecule has 2 heterocycles. The van der Waals surface area contributed by atoms with E-state index in [4.69, 9.17) is 0 Å². The molecule has 0 spiro atoms. The van der Waals surface area contributed by atoms with Crippen LogP contribution in [0.15, 0.2) is 55.1 Å². The highest BCUT2D eigenvalue weighted by Crippen LogP contribution is 2.12. The number of nitrogens with one attached hydrogen (secondary N) is 1. The number of rotatable bonds is 3. The van der Waals surface area contributed by atoms with Crippen LogP contribution in [0.3, 0.4) is 0 Å². The first-order chi connectivity index (χ1) is 10.6. The van der Waals surface area contributed by atoms with E-state index in [0.29, 0.717) is 0 Å². The van der Waals surface area contributed by atoms with Gasteiger partial charge in [-0.15, -0.1) is 0 Å². The van der Waals surface area contributed by atoms with Gasteiger partial charge in [-0.2, -0.15) is 10.2 Å². The molecule has 0 aliphatic rings. The molecule has 0 fully saturated rings. The molecule has 112 valence electrons. The molecule has 0 aliphatic carbocycles. The number of nitrogens with zero attached hydrogens (tertiary/aromatic N) is 5. The number of para-hydroxylation sites is 1. The van der Waals surface area contributed by atoms with Crippen molar-refractivity contribution in [2.24, 2.45) is 0 Å². The van der Waals surface area contributed by atoms with Crippen LogP contribution in [0, 0.1) is 20.2 Å². The molecule has 3 aromatic rings. The summed E-state index contributed by atoms with van der Waals surface area (Å²) in [5, 5.41) is 29.8. The predicted molar refractivity (Wildman–Crippen MR) is 75.5 cm³/mol. The van der Waals surface area contributed by atoms with Gasteiger partial charge in [0.25, 0.3) is 0 Å². The molecule has 22 heavy (non-hydrogen) atoms. The average Bonchev–Trinajstić information content (AvgIpc) is 3.21. The fourth-order valence-corrected chi connectivity index (χ4v) is 1.47. The molecular formula is C12H10N6O4. The van der Waals surface area contributed by atoms with E-state index < -0.39 is 9.85 Å². The SMILES string of the molecule is O=[N+]([O-])c1cn[nH]c1.O=[N+]([O-])c1cnn(-c2ccccc2)c1. The van der Waals surface area contributed by atoms with E-state index in [1.165, 1.54) is 23.3 Å². The van der Waals surface area contributed by atoms with Gasteiger partial charge in [0.2, 0.25) is 0 Å². The van der Waals surface area contributed by atoms with Crippen molar-refractivity contribution < 1.29 is 9.85 Å². The lowest BCUT2D eigenvalue weighted by molar-refractivity contribution is -0.385. The number of aromatic nitrogens is 4. The molecule has 1 aromatic carbocycles. The second-order valence-electron chi connectivity index (χ2n) is 3.95. The Labute approximate surface area is 123 Å². The molecule has 0 saturated heterocycles. The topological polar surface area (TPSA) is 133 Å². The molecule has 0 saturated carbocycles. The van der Waals surface area contributed by atoms with Crippen molar-refractivity contribution in [3.63, 3.8) is 0 Å². The van der Waals surface area contributed by atoms with Crippen LogP contribution in [0.25, 0.3) is 5.69 Å². The van der Waals surface area contributed by atoms with Gasteiger partial charge in [-0.1, -0.05) is 18.2 Å². The molecule has 3 rings (SSSR count). The smallest absolute Gasteiger partial charge is 0.279 e. The van der Waals surface area contributed by atoms with Crippen molar-refractivity contribution in [1.29, 1.82) is 0 Å². The maximum absolute atomic E-state index is 10.4. The zero-order valence-corrected chi connectivity index (χ0v) is 11.1. The fourth-order valence-electron chi connectivity index (χ4n) is 1.47. The van der Waals surface area contributed by atoms with E-state index >= 15 is 0 Å². The molecule has 0 atom stereocenters. The quantitative estimate of drug-likeness (QED) is 0.581. The molecule has 0 radical (unpaired) electrons. The highest BCUT2D eigenvalue weighted by molar-refractivity contribution is 5.34. The van der Waals surface area contributed by atoms with E-state index in [0.717, 1.165) is 11.9 Å². The molecule has 0 unspecified atom stereocenters. The number of benzene rings is 1. The Balaban J connectivity index is 0.000000188. The second kappa shape index (κ2) is 6.74. The first-order valence-corrected chi connectivity index (χ1v) is 5.95. The minimum Gasteiger partial charge on any atom is -0.279 e. The van der Waals surface area contributed by atoms with Crippen molar-refractivity contribution in [1.82, 2.24) is 20.0 Å². The van der Waals surface area contributed by atoms with Gasteiger partial charge in [0.05, 0.1) is 21.7 Å². The normalized spacial score (nSPS) is 9.64. The van der Waals surface area contributed by atoms with E-state index in [2.05, 4.69) is 15.3 Å². The van der Waals surface area contributed by atoms with Gasteiger partial charge in [0.15, 0.2) is 0 Å². The molecule has 10 nitrogen and oxygen atoms in total. The molecule has 0 aliphatic heterocycles. The van der Waals surface area contributed by atoms with Gasteiger partial charge < -0.3 is 0 Å². The highest BCUT2D eigenvalue weighted by Gasteiger charge is 2.08. The van der Waals surface area contributed by atoms with Gasteiger partial charge in [-0.3, -0.25) is 25.3 Å². The summed E-state index contributed by atoms with van der Waals surface area (Å²) in [5.41, 5.74) is 0.791. The summed E-state index contributed by atoms with van der Waals surface area (Å²) >= 11 is 0. The highest BCUT2D eigenvalue weighted by atomic mass is 16.6. The van der Waals surface area contributed by atoms with Gasteiger partial charge >= 0.3 is 11.4 Å². The first kappa shape index (κ1) is 14.8. The third kappa shape index (κ3) is 3.72. The molecule has 2 aromatic heterocycles. The largest absolute Gasteiger partial charge is 0.307 e. The van der Waals surface area contributed by atoms with Gasteiger partial charge in [-0.25, -0.2) is 4.68 Å². The number of hydrogen-bond donors (Lipinski definition) is 1. The molecular weight excluding hydrogens is 292 g/mol. The van der Waals surface area contributed by atoms with Crippen LogP contribution in [0.5, 0.6) is 0 Å². The van der Waals surface area contributed by atoms with Crippen molar-refractivity contribution in [2.75, 3.05) is 0 Å². The van der Waals surface area contributed by atoms with E-state index in [9.17, 15) is 20.2 Å². The zero-order valence-electron chi connectivity index (χ0n) is 11.1. The molecule has 1 N–H and O–H groups in total. The van der Waals surface area contributed by atoms with Crippen LogP contribution in [0.4, 0.5) is 11.4 Å². The summed E-state index contributed by atoms with van der Waals surface area (Å²) in [6.07, 6.45) is 4.99. The lowest BCUT2D eigenvalue weighted by Gasteiger charge is -1.97. The second-order valence-corrected chi connectivity index (χ2v) is 3.95. The van der Waals surface area contributed by atoms with Crippen molar-refractivity contribution in [3.05, 3.63) is 75.3 Å². The Morgan fingerprint density at radius 3 is 2.14 bits per heavy atom. The van der Waals surface area contributed by atoms with Crippen LogP contribution in [0.1, 0.15) is 0 Å². The minimum absolute atomic E-state index is 0.00569. The molecule has 0 bridgehead atoms.